The highest BCUT2D eigenvalue weighted by atomic mass is 32.1. The van der Waals surface area contributed by atoms with Gasteiger partial charge < -0.3 is 5.32 Å². The fraction of sp³-hybridized carbons (Fsp3) is 0.286. The third-order valence-electron chi connectivity index (χ3n) is 3.22. The van der Waals surface area contributed by atoms with Gasteiger partial charge in [0.1, 0.15) is 0 Å². The van der Waals surface area contributed by atoms with Gasteiger partial charge in [0.25, 0.3) is 5.92 Å². The van der Waals surface area contributed by atoms with Crippen LogP contribution in [0.5, 0.6) is 0 Å². The molecule has 1 unspecified atom stereocenters. The minimum Gasteiger partial charge on any atom is -0.301 e. The standard InChI is InChI=1S/C14H13F2N3OS/c15-14(16)6-10(18-8-14)12(20)19-13-17-7-11(21-13)9-4-2-1-3-5-9/h1-5,7,10,18H,6,8H2,(H,17,19,20). The Kier molecular flexibility index (Phi) is 3.69. The van der Waals surface area contributed by atoms with Gasteiger partial charge in [-0.3, -0.25) is 10.1 Å². The Hall–Kier alpha value is -1.86. The van der Waals surface area contributed by atoms with Gasteiger partial charge in [-0.15, -0.1) is 0 Å². The van der Waals surface area contributed by atoms with Crippen LogP contribution >= 0.6 is 11.3 Å². The number of hydrogen-bond acceptors (Lipinski definition) is 4. The van der Waals surface area contributed by atoms with Crippen molar-refractivity contribution in [2.45, 2.75) is 18.4 Å². The lowest BCUT2D eigenvalue weighted by molar-refractivity contribution is -0.118. The highest BCUT2D eigenvalue weighted by molar-refractivity contribution is 7.19. The van der Waals surface area contributed by atoms with Crippen LogP contribution in [-0.4, -0.2) is 29.4 Å². The van der Waals surface area contributed by atoms with Crippen LogP contribution in [0.2, 0.25) is 0 Å². The van der Waals surface area contributed by atoms with Gasteiger partial charge in [0.05, 0.1) is 17.5 Å². The molecule has 0 radical (unpaired) electrons. The molecule has 1 aliphatic rings. The molecule has 0 bridgehead atoms. The average Bonchev–Trinajstić information content (AvgIpc) is 3.06. The first-order valence-corrected chi connectivity index (χ1v) is 7.28. The van der Waals surface area contributed by atoms with Crippen molar-refractivity contribution in [1.82, 2.24) is 10.3 Å². The van der Waals surface area contributed by atoms with Crippen LogP contribution in [0.3, 0.4) is 0 Å². The number of alkyl halides is 2. The third-order valence-corrected chi connectivity index (χ3v) is 4.18. The molecule has 1 aromatic heterocycles. The van der Waals surface area contributed by atoms with E-state index < -0.39 is 30.8 Å². The predicted molar refractivity (Wildman–Crippen MR) is 77.5 cm³/mol. The number of benzene rings is 1. The average molecular weight is 309 g/mol. The maximum atomic E-state index is 13.1. The molecule has 1 saturated heterocycles. The fourth-order valence-electron chi connectivity index (χ4n) is 2.16. The molecule has 1 amide bonds. The van der Waals surface area contributed by atoms with Crippen molar-refractivity contribution in [3.05, 3.63) is 36.5 Å². The van der Waals surface area contributed by atoms with Gasteiger partial charge >= 0.3 is 0 Å². The molecule has 4 nitrogen and oxygen atoms in total. The molecule has 1 fully saturated rings. The molecule has 1 aliphatic heterocycles. The zero-order valence-electron chi connectivity index (χ0n) is 11.0. The second-order valence-electron chi connectivity index (χ2n) is 4.88. The van der Waals surface area contributed by atoms with E-state index in [0.717, 1.165) is 10.4 Å². The fourth-order valence-corrected chi connectivity index (χ4v) is 2.99. The lowest BCUT2D eigenvalue weighted by Crippen LogP contribution is -2.35. The summed E-state index contributed by atoms with van der Waals surface area (Å²) in [6, 6.07) is 8.76. The van der Waals surface area contributed by atoms with E-state index >= 15 is 0 Å². The minimum atomic E-state index is -2.82. The number of hydrogen-bond donors (Lipinski definition) is 2. The van der Waals surface area contributed by atoms with E-state index in [0.29, 0.717) is 5.13 Å². The first-order chi connectivity index (χ1) is 10.0. The van der Waals surface area contributed by atoms with Crippen molar-refractivity contribution < 1.29 is 13.6 Å². The van der Waals surface area contributed by atoms with Crippen LogP contribution in [0.1, 0.15) is 6.42 Å². The maximum Gasteiger partial charge on any atom is 0.262 e. The van der Waals surface area contributed by atoms with Gasteiger partial charge in [0.15, 0.2) is 5.13 Å². The normalized spacial score (nSPS) is 20.4. The SMILES string of the molecule is O=C(Nc1ncc(-c2ccccc2)s1)C1CC(F)(F)CN1. The summed E-state index contributed by atoms with van der Waals surface area (Å²) in [6.07, 6.45) is 1.18. The number of nitrogens with zero attached hydrogens (tertiary/aromatic N) is 1. The van der Waals surface area contributed by atoms with Crippen molar-refractivity contribution in [3.8, 4) is 10.4 Å². The van der Waals surface area contributed by atoms with Gasteiger partial charge in [-0.05, 0) is 5.56 Å². The molecule has 1 aromatic carbocycles. The molecule has 7 heteroatoms. The Labute approximate surface area is 124 Å². The predicted octanol–water partition coefficient (Wildman–Crippen LogP) is 2.75. The molecule has 2 heterocycles. The van der Waals surface area contributed by atoms with Crippen LogP contribution in [-0.2, 0) is 4.79 Å². The molecule has 0 aliphatic carbocycles. The second-order valence-corrected chi connectivity index (χ2v) is 5.91. The van der Waals surface area contributed by atoms with Crippen molar-refractivity contribution in [3.63, 3.8) is 0 Å². The summed E-state index contributed by atoms with van der Waals surface area (Å²) in [5.41, 5.74) is 1.00. The van der Waals surface area contributed by atoms with E-state index in [1.807, 2.05) is 30.3 Å². The number of carbonyl (C=O) groups excluding carboxylic acids is 1. The van der Waals surface area contributed by atoms with Crippen LogP contribution in [0, 0.1) is 0 Å². The van der Waals surface area contributed by atoms with E-state index in [9.17, 15) is 13.6 Å². The van der Waals surface area contributed by atoms with E-state index in [1.165, 1.54) is 11.3 Å². The number of rotatable bonds is 3. The number of anilines is 1. The van der Waals surface area contributed by atoms with Crippen molar-refractivity contribution in [2.75, 3.05) is 11.9 Å². The van der Waals surface area contributed by atoms with Crippen LogP contribution in [0.15, 0.2) is 36.5 Å². The number of carbonyl (C=O) groups is 1. The first kappa shape index (κ1) is 14.1. The molecule has 0 spiro atoms. The topological polar surface area (TPSA) is 54.0 Å². The number of thiazole rings is 1. The molecule has 1 atom stereocenters. The number of aromatic nitrogens is 1. The van der Waals surface area contributed by atoms with E-state index in [-0.39, 0.29) is 0 Å². The lowest BCUT2D eigenvalue weighted by Gasteiger charge is -2.08. The second kappa shape index (κ2) is 5.50. The Morgan fingerprint density at radius 3 is 2.81 bits per heavy atom. The smallest absolute Gasteiger partial charge is 0.262 e. The monoisotopic (exact) mass is 309 g/mol. The zero-order valence-corrected chi connectivity index (χ0v) is 11.8. The Bertz CT molecular complexity index is 645. The first-order valence-electron chi connectivity index (χ1n) is 6.47. The summed E-state index contributed by atoms with van der Waals surface area (Å²) < 4.78 is 26.1. The van der Waals surface area contributed by atoms with Crippen LogP contribution < -0.4 is 10.6 Å². The minimum absolute atomic E-state index is 0.413. The summed E-state index contributed by atoms with van der Waals surface area (Å²) in [5.74, 6) is -3.29. The van der Waals surface area contributed by atoms with Gasteiger partial charge in [0.2, 0.25) is 5.91 Å². The summed E-state index contributed by atoms with van der Waals surface area (Å²) >= 11 is 1.31. The quantitative estimate of drug-likeness (QED) is 0.916. The number of nitrogens with one attached hydrogen (secondary N) is 2. The summed E-state index contributed by atoms with van der Waals surface area (Å²) in [5, 5.41) is 5.52. The Balaban J connectivity index is 1.66. The molecule has 3 rings (SSSR count). The van der Waals surface area contributed by atoms with E-state index in [2.05, 4.69) is 15.6 Å². The number of halogens is 2. The lowest BCUT2D eigenvalue weighted by atomic mass is 10.2. The zero-order chi connectivity index (χ0) is 14.9. The van der Waals surface area contributed by atoms with Crippen molar-refractivity contribution in [1.29, 1.82) is 0 Å². The molecule has 21 heavy (non-hydrogen) atoms. The van der Waals surface area contributed by atoms with E-state index in [4.69, 9.17) is 0 Å². The van der Waals surface area contributed by atoms with Crippen molar-refractivity contribution >= 4 is 22.4 Å². The largest absolute Gasteiger partial charge is 0.301 e. The van der Waals surface area contributed by atoms with Gasteiger partial charge in [-0.1, -0.05) is 41.7 Å². The summed E-state index contributed by atoms with van der Waals surface area (Å²) in [4.78, 5) is 16.9. The van der Waals surface area contributed by atoms with E-state index in [1.54, 1.807) is 6.20 Å². The van der Waals surface area contributed by atoms with Gasteiger partial charge in [-0.2, -0.15) is 0 Å². The highest BCUT2D eigenvalue weighted by Gasteiger charge is 2.42. The van der Waals surface area contributed by atoms with Crippen LogP contribution in [0.25, 0.3) is 10.4 Å². The summed E-state index contributed by atoms with van der Waals surface area (Å²) in [7, 11) is 0. The molecular weight excluding hydrogens is 296 g/mol. The Morgan fingerprint density at radius 2 is 2.14 bits per heavy atom. The van der Waals surface area contributed by atoms with Crippen molar-refractivity contribution in [2.24, 2.45) is 0 Å². The molecule has 110 valence electrons. The maximum absolute atomic E-state index is 13.1. The highest BCUT2D eigenvalue weighted by Crippen LogP contribution is 2.30. The van der Waals surface area contributed by atoms with Crippen LogP contribution in [0.4, 0.5) is 13.9 Å². The molecule has 0 saturated carbocycles. The molecule has 2 N–H and O–H groups in total. The van der Waals surface area contributed by atoms with Gasteiger partial charge in [0, 0.05) is 12.6 Å². The number of amides is 1. The Morgan fingerprint density at radius 1 is 1.38 bits per heavy atom. The summed E-state index contributed by atoms with van der Waals surface area (Å²) in [6.45, 7) is -0.460. The van der Waals surface area contributed by atoms with Gasteiger partial charge in [-0.25, -0.2) is 13.8 Å². The third kappa shape index (κ3) is 3.25. The molecular formula is C14H13F2N3OS. The molecule has 2 aromatic rings.